The smallest absolute Gasteiger partial charge is 0.354 e. The highest BCUT2D eigenvalue weighted by Crippen LogP contribution is 2.43. The van der Waals surface area contributed by atoms with Crippen LogP contribution in [-0.2, 0) is 42.1 Å². The van der Waals surface area contributed by atoms with Crippen molar-refractivity contribution in [1.82, 2.24) is 24.1 Å². The first-order valence-electron chi connectivity index (χ1n) is 16.1. The molecule has 8 bridgehead atoms. The maximum Gasteiger partial charge on any atom is 0.354 e. The van der Waals surface area contributed by atoms with Crippen molar-refractivity contribution in [3.63, 3.8) is 0 Å². The molecular formula is C37H38ClN5O3S2. The van der Waals surface area contributed by atoms with Crippen LogP contribution in [-0.4, -0.2) is 43.8 Å². The van der Waals surface area contributed by atoms with Gasteiger partial charge in [0, 0.05) is 86.1 Å². The Balaban J connectivity index is 1.37. The topological polar surface area (TPSA) is 76.1 Å². The molecular weight excluding hydrogens is 662 g/mol. The summed E-state index contributed by atoms with van der Waals surface area (Å²) in [6.45, 7) is 8.05. The Hall–Kier alpha value is -3.86. The van der Waals surface area contributed by atoms with Crippen LogP contribution in [0.4, 0.5) is 0 Å². The maximum atomic E-state index is 13.3. The molecule has 4 heterocycles. The Kier molecular flexibility index (Phi) is 9.24. The molecule has 0 fully saturated rings. The lowest BCUT2D eigenvalue weighted by Crippen LogP contribution is -2.13. The molecule has 3 aromatic heterocycles. The summed E-state index contributed by atoms with van der Waals surface area (Å²) < 4.78 is 17.9. The number of ether oxygens (including phenoxy) is 2. The number of halogens is 1. The summed E-state index contributed by atoms with van der Waals surface area (Å²) in [6, 6.07) is 18.9. The van der Waals surface area contributed by atoms with E-state index < -0.39 is 0 Å². The van der Waals surface area contributed by atoms with Crippen molar-refractivity contribution in [2.24, 2.45) is 7.05 Å². The van der Waals surface area contributed by atoms with Crippen LogP contribution in [0.2, 0.25) is 5.02 Å². The van der Waals surface area contributed by atoms with Crippen molar-refractivity contribution in [2.75, 3.05) is 13.7 Å². The van der Waals surface area contributed by atoms with Crippen molar-refractivity contribution in [3.8, 4) is 16.9 Å². The normalized spacial score (nSPS) is 14.1. The average molecular weight is 700 g/mol. The van der Waals surface area contributed by atoms with Crippen LogP contribution >= 0.6 is 35.1 Å². The summed E-state index contributed by atoms with van der Waals surface area (Å²) >= 11 is 10.7. The van der Waals surface area contributed by atoms with Crippen LogP contribution in [0.1, 0.15) is 52.2 Å². The highest BCUT2D eigenvalue weighted by molar-refractivity contribution is 7.98. The van der Waals surface area contributed by atoms with Gasteiger partial charge in [0.25, 0.3) is 0 Å². The number of esters is 1. The Morgan fingerprint density at radius 1 is 1.04 bits per heavy atom. The molecule has 0 amide bonds. The lowest BCUT2D eigenvalue weighted by atomic mass is 9.97. The first kappa shape index (κ1) is 32.7. The van der Waals surface area contributed by atoms with Crippen molar-refractivity contribution in [2.45, 2.75) is 62.4 Å². The molecule has 11 heteroatoms. The van der Waals surface area contributed by atoms with E-state index in [4.69, 9.17) is 31.3 Å². The van der Waals surface area contributed by atoms with Gasteiger partial charge in [-0.15, -0.1) is 23.5 Å². The minimum Gasteiger partial charge on any atom is -0.493 e. The number of hydrogen-bond donors (Lipinski definition) is 0. The standard InChI is InChI=1S/C37H38ClN5O3S2/c1-6-43-26-17-25(39-43)19-47-21-30-34(23(3)41(4)40-30)35-29(38)12-13-31-33(35)22(2)36(37(44)45-5)42(31)14-9-15-46-32-18-27(48-20-26)16-24-10-7-8-11-28(24)32/h7-8,10-13,16-18H,6,9,14-15,19-21H2,1-5H3. The van der Waals surface area contributed by atoms with Crippen LogP contribution in [0.3, 0.4) is 0 Å². The minimum atomic E-state index is -0.374. The van der Waals surface area contributed by atoms with Gasteiger partial charge in [-0.25, -0.2) is 4.79 Å². The third-order valence-corrected chi connectivity index (χ3v) is 11.4. The first-order valence-corrected chi connectivity index (χ1v) is 18.6. The number of rotatable bonds is 2. The van der Waals surface area contributed by atoms with Gasteiger partial charge >= 0.3 is 5.97 Å². The Bertz CT molecular complexity index is 2180. The Morgan fingerprint density at radius 3 is 2.69 bits per heavy atom. The van der Waals surface area contributed by atoms with Crippen LogP contribution < -0.4 is 4.74 Å². The predicted molar refractivity (Wildman–Crippen MR) is 196 cm³/mol. The van der Waals surface area contributed by atoms with Crippen molar-refractivity contribution >= 4 is 62.8 Å². The van der Waals surface area contributed by atoms with E-state index in [0.29, 0.717) is 36.0 Å². The van der Waals surface area contributed by atoms with E-state index in [0.717, 1.165) is 84.1 Å². The van der Waals surface area contributed by atoms with E-state index in [2.05, 4.69) is 59.5 Å². The molecule has 248 valence electrons. The second-order valence-corrected chi connectivity index (χ2v) is 14.5. The summed E-state index contributed by atoms with van der Waals surface area (Å²) in [6.07, 6.45) is 0.684. The first-order chi connectivity index (χ1) is 23.3. The fourth-order valence-electron chi connectivity index (χ4n) is 6.79. The average Bonchev–Trinajstić information content (AvgIpc) is 3.71. The number of nitrogens with zero attached hydrogens (tertiary/aromatic N) is 5. The molecule has 0 unspecified atom stereocenters. The molecule has 1 aliphatic rings. The quantitative estimate of drug-likeness (QED) is 0.167. The zero-order valence-corrected chi connectivity index (χ0v) is 30.2. The van der Waals surface area contributed by atoms with Crippen molar-refractivity contribution in [3.05, 3.63) is 93.7 Å². The van der Waals surface area contributed by atoms with Gasteiger partial charge in [0.05, 0.1) is 25.1 Å². The third kappa shape index (κ3) is 5.88. The van der Waals surface area contributed by atoms with E-state index in [-0.39, 0.29) is 5.97 Å². The van der Waals surface area contributed by atoms with Gasteiger partial charge in [-0.2, -0.15) is 10.2 Å². The second kappa shape index (κ2) is 13.6. The monoisotopic (exact) mass is 699 g/mol. The second-order valence-electron chi connectivity index (χ2n) is 12.0. The number of carbonyl (C=O) groups excluding carboxylic acids is 1. The summed E-state index contributed by atoms with van der Waals surface area (Å²) in [5.41, 5.74) is 8.44. The number of hydrogen-bond acceptors (Lipinski definition) is 7. The molecule has 8 nitrogen and oxygen atoms in total. The van der Waals surface area contributed by atoms with E-state index in [9.17, 15) is 4.79 Å². The van der Waals surface area contributed by atoms with Crippen LogP contribution in [0, 0.1) is 13.8 Å². The molecule has 0 saturated heterocycles. The van der Waals surface area contributed by atoms with Gasteiger partial charge in [-0.05, 0) is 68.5 Å². The number of aryl methyl sites for hydroxylation is 4. The highest BCUT2D eigenvalue weighted by atomic mass is 35.5. The van der Waals surface area contributed by atoms with E-state index >= 15 is 0 Å². The zero-order valence-electron chi connectivity index (χ0n) is 27.8. The van der Waals surface area contributed by atoms with Crippen LogP contribution in [0.5, 0.6) is 5.75 Å². The van der Waals surface area contributed by atoms with Crippen LogP contribution in [0.25, 0.3) is 32.8 Å². The van der Waals surface area contributed by atoms with E-state index in [1.54, 1.807) is 23.5 Å². The molecule has 48 heavy (non-hydrogen) atoms. The predicted octanol–water partition coefficient (Wildman–Crippen LogP) is 8.98. The van der Waals surface area contributed by atoms with E-state index in [1.807, 2.05) is 36.9 Å². The number of thioether (sulfide) groups is 2. The van der Waals surface area contributed by atoms with Gasteiger partial charge in [-0.3, -0.25) is 9.36 Å². The molecule has 0 atom stereocenters. The van der Waals surface area contributed by atoms with Crippen molar-refractivity contribution < 1.29 is 14.3 Å². The number of benzene rings is 3. The van der Waals surface area contributed by atoms with Gasteiger partial charge in [0.15, 0.2) is 0 Å². The third-order valence-electron chi connectivity index (χ3n) is 9.13. The summed E-state index contributed by atoms with van der Waals surface area (Å²) in [5.74, 6) is 2.74. The largest absolute Gasteiger partial charge is 0.493 e. The lowest BCUT2D eigenvalue weighted by Gasteiger charge is -2.14. The molecule has 0 saturated carbocycles. The molecule has 6 aromatic rings. The number of fused-ring (bicyclic) bond motifs is 8. The lowest BCUT2D eigenvalue weighted by molar-refractivity contribution is 0.0587. The Morgan fingerprint density at radius 2 is 1.88 bits per heavy atom. The molecule has 7 rings (SSSR count). The number of aromatic nitrogens is 5. The maximum absolute atomic E-state index is 13.3. The number of methoxy groups -OCH3 is 1. The molecule has 0 spiro atoms. The molecule has 0 N–H and O–H groups in total. The fraction of sp³-hybridized carbons (Fsp3) is 0.324. The summed E-state index contributed by atoms with van der Waals surface area (Å²) in [5, 5.41) is 13.7. The van der Waals surface area contributed by atoms with Crippen LogP contribution in [0.15, 0.2) is 59.5 Å². The highest BCUT2D eigenvalue weighted by Gasteiger charge is 2.27. The fourth-order valence-corrected chi connectivity index (χ4v) is 8.84. The van der Waals surface area contributed by atoms with Gasteiger partial charge in [0.1, 0.15) is 11.4 Å². The SMILES string of the molecule is CCn1nc2cc1CSc1cc(c3ccccc3c1)OCCCn1c(C(=O)OC)c(C)c3c(c(Cl)ccc31)-c1c(nn(C)c1C)CSC2. The summed E-state index contributed by atoms with van der Waals surface area (Å²) in [4.78, 5) is 14.5. The minimum absolute atomic E-state index is 0.374. The molecule has 3 aromatic carbocycles. The molecule has 0 aliphatic carbocycles. The van der Waals surface area contributed by atoms with Crippen molar-refractivity contribution in [1.29, 1.82) is 0 Å². The zero-order chi connectivity index (χ0) is 33.5. The van der Waals surface area contributed by atoms with Gasteiger partial charge < -0.3 is 14.0 Å². The Labute approximate surface area is 293 Å². The summed E-state index contributed by atoms with van der Waals surface area (Å²) in [7, 11) is 3.40. The van der Waals surface area contributed by atoms with Gasteiger partial charge in [-0.1, -0.05) is 35.9 Å². The number of carbonyl (C=O) groups is 1. The van der Waals surface area contributed by atoms with E-state index in [1.165, 1.54) is 12.8 Å². The molecule has 0 radical (unpaired) electrons. The molecule has 1 aliphatic heterocycles. The van der Waals surface area contributed by atoms with Gasteiger partial charge in [0.2, 0.25) is 0 Å².